The molecule has 1 aromatic rings. The first kappa shape index (κ1) is 16.4. The van der Waals surface area contributed by atoms with Crippen LogP contribution in [0.5, 0.6) is 5.75 Å². The number of rotatable bonds is 6. The summed E-state index contributed by atoms with van der Waals surface area (Å²) in [5.41, 5.74) is -1.55. The zero-order valence-corrected chi connectivity index (χ0v) is 11.8. The SMILES string of the molecule is COC(=O)C(C)(C)COc1cc(C(=O)O)ccc1[N+](=O)[O-]. The Labute approximate surface area is 120 Å². The number of ether oxygens (including phenoxy) is 2. The fourth-order valence-corrected chi connectivity index (χ4v) is 1.51. The maximum Gasteiger partial charge on any atom is 0.335 e. The Hall–Kier alpha value is -2.64. The first-order chi connectivity index (χ1) is 9.69. The maximum atomic E-state index is 11.5. The van der Waals surface area contributed by atoms with E-state index in [1.165, 1.54) is 7.11 Å². The lowest BCUT2D eigenvalue weighted by molar-refractivity contribution is -0.386. The topological polar surface area (TPSA) is 116 Å². The van der Waals surface area contributed by atoms with Crippen LogP contribution >= 0.6 is 0 Å². The Morgan fingerprint density at radius 3 is 2.48 bits per heavy atom. The van der Waals surface area contributed by atoms with Gasteiger partial charge in [-0.1, -0.05) is 0 Å². The Balaban J connectivity index is 3.05. The van der Waals surface area contributed by atoms with Crippen molar-refractivity contribution in [2.75, 3.05) is 13.7 Å². The second-order valence-electron chi connectivity index (χ2n) is 4.91. The highest BCUT2D eigenvalue weighted by atomic mass is 16.6. The predicted octanol–water partition coefficient (Wildman–Crippen LogP) is 1.87. The molecular weight excluding hydrogens is 282 g/mol. The summed E-state index contributed by atoms with van der Waals surface area (Å²) in [6.07, 6.45) is 0. The molecule has 1 N–H and O–H groups in total. The molecule has 0 heterocycles. The summed E-state index contributed by atoms with van der Waals surface area (Å²) in [5.74, 6) is -1.99. The number of hydrogen-bond acceptors (Lipinski definition) is 6. The molecule has 114 valence electrons. The van der Waals surface area contributed by atoms with Gasteiger partial charge in [0.2, 0.25) is 0 Å². The third-order valence-corrected chi connectivity index (χ3v) is 2.73. The van der Waals surface area contributed by atoms with Gasteiger partial charge in [-0.25, -0.2) is 4.79 Å². The number of esters is 1. The lowest BCUT2D eigenvalue weighted by Gasteiger charge is -2.21. The number of aromatic carboxylic acids is 1. The van der Waals surface area contributed by atoms with Crippen LogP contribution in [-0.2, 0) is 9.53 Å². The monoisotopic (exact) mass is 297 g/mol. The molecule has 0 aliphatic carbocycles. The molecule has 8 nitrogen and oxygen atoms in total. The van der Waals surface area contributed by atoms with E-state index in [2.05, 4.69) is 4.74 Å². The van der Waals surface area contributed by atoms with E-state index < -0.39 is 22.3 Å². The van der Waals surface area contributed by atoms with Gasteiger partial charge in [0.05, 0.1) is 23.0 Å². The molecule has 0 aliphatic rings. The van der Waals surface area contributed by atoms with Crippen molar-refractivity contribution in [3.8, 4) is 5.75 Å². The fourth-order valence-electron chi connectivity index (χ4n) is 1.51. The number of methoxy groups -OCH3 is 1. The van der Waals surface area contributed by atoms with Crippen molar-refractivity contribution in [1.82, 2.24) is 0 Å². The standard InChI is InChI=1S/C13H15NO7/c1-13(2,12(17)20-3)7-21-10-6-8(11(15)16)4-5-9(10)14(18)19/h4-6H,7H2,1-3H3,(H,15,16). The summed E-state index contributed by atoms with van der Waals surface area (Å²) < 4.78 is 9.87. The van der Waals surface area contributed by atoms with Crippen LogP contribution in [0.25, 0.3) is 0 Å². The number of benzene rings is 1. The molecule has 8 heteroatoms. The van der Waals surface area contributed by atoms with Crippen molar-refractivity contribution in [2.45, 2.75) is 13.8 Å². The number of nitro groups is 1. The number of nitrogens with zero attached hydrogens (tertiary/aromatic N) is 1. The summed E-state index contributed by atoms with van der Waals surface area (Å²) in [5, 5.41) is 19.8. The Bertz CT molecular complexity index is 580. The second kappa shape index (κ2) is 6.21. The number of carbonyl (C=O) groups is 2. The largest absolute Gasteiger partial charge is 0.486 e. The normalized spacial score (nSPS) is 10.8. The molecule has 1 rings (SSSR count). The number of carboxylic acids is 1. The van der Waals surface area contributed by atoms with Crippen LogP contribution in [0.4, 0.5) is 5.69 Å². The molecule has 0 aliphatic heterocycles. The van der Waals surface area contributed by atoms with Gasteiger partial charge in [0.15, 0.2) is 5.75 Å². The van der Waals surface area contributed by atoms with Crippen molar-refractivity contribution in [1.29, 1.82) is 0 Å². The lowest BCUT2D eigenvalue weighted by Crippen LogP contribution is -2.32. The van der Waals surface area contributed by atoms with Gasteiger partial charge in [-0.2, -0.15) is 0 Å². The van der Waals surface area contributed by atoms with E-state index in [0.29, 0.717) is 0 Å². The van der Waals surface area contributed by atoms with Crippen molar-refractivity contribution in [3.63, 3.8) is 0 Å². The molecule has 0 aromatic heterocycles. The summed E-state index contributed by atoms with van der Waals surface area (Å²) in [7, 11) is 1.22. The van der Waals surface area contributed by atoms with Crippen LogP contribution in [0.3, 0.4) is 0 Å². The number of carboxylic acid groups (broad SMARTS) is 1. The highest BCUT2D eigenvalue weighted by Crippen LogP contribution is 2.30. The maximum absolute atomic E-state index is 11.5. The van der Waals surface area contributed by atoms with Gasteiger partial charge < -0.3 is 14.6 Å². The number of carbonyl (C=O) groups excluding carboxylic acids is 1. The van der Waals surface area contributed by atoms with E-state index in [9.17, 15) is 19.7 Å². The number of nitro benzene ring substituents is 1. The van der Waals surface area contributed by atoms with Gasteiger partial charge >= 0.3 is 17.6 Å². The zero-order chi connectivity index (χ0) is 16.2. The summed E-state index contributed by atoms with van der Waals surface area (Å²) in [4.78, 5) is 32.6. The van der Waals surface area contributed by atoms with Gasteiger partial charge in [0.25, 0.3) is 0 Å². The van der Waals surface area contributed by atoms with Crippen LogP contribution in [0, 0.1) is 15.5 Å². The molecule has 0 unspecified atom stereocenters. The van der Waals surface area contributed by atoms with E-state index >= 15 is 0 Å². The van der Waals surface area contributed by atoms with Crippen LogP contribution < -0.4 is 4.74 Å². The van der Waals surface area contributed by atoms with Crippen LogP contribution in [-0.4, -0.2) is 35.7 Å². The van der Waals surface area contributed by atoms with Crippen LogP contribution in [0.1, 0.15) is 24.2 Å². The number of hydrogen-bond donors (Lipinski definition) is 1. The Morgan fingerprint density at radius 1 is 1.38 bits per heavy atom. The molecule has 21 heavy (non-hydrogen) atoms. The summed E-state index contributed by atoms with van der Waals surface area (Å²) in [6, 6.07) is 3.20. The molecule has 0 spiro atoms. The third-order valence-electron chi connectivity index (χ3n) is 2.73. The quantitative estimate of drug-likeness (QED) is 0.484. The Morgan fingerprint density at radius 2 is 2.00 bits per heavy atom. The van der Waals surface area contributed by atoms with Gasteiger partial charge in [-0.15, -0.1) is 0 Å². The van der Waals surface area contributed by atoms with E-state index in [1.807, 2.05) is 0 Å². The molecular formula is C13H15NO7. The Kier molecular flexibility index (Phi) is 4.85. The van der Waals surface area contributed by atoms with Gasteiger partial charge in [-0.05, 0) is 19.9 Å². The minimum Gasteiger partial charge on any atom is -0.486 e. The van der Waals surface area contributed by atoms with Crippen molar-refractivity contribution in [2.24, 2.45) is 5.41 Å². The molecule has 0 saturated carbocycles. The highest BCUT2D eigenvalue weighted by molar-refractivity contribution is 5.88. The van der Waals surface area contributed by atoms with E-state index in [4.69, 9.17) is 9.84 Å². The fraction of sp³-hybridized carbons (Fsp3) is 0.385. The van der Waals surface area contributed by atoms with Crippen molar-refractivity contribution in [3.05, 3.63) is 33.9 Å². The first-order valence-electron chi connectivity index (χ1n) is 5.92. The van der Waals surface area contributed by atoms with Crippen LogP contribution in [0.2, 0.25) is 0 Å². The first-order valence-corrected chi connectivity index (χ1v) is 5.92. The minimum atomic E-state index is -1.23. The smallest absolute Gasteiger partial charge is 0.335 e. The van der Waals surface area contributed by atoms with E-state index in [-0.39, 0.29) is 23.6 Å². The molecule has 0 radical (unpaired) electrons. The average molecular weight is 297 g/mol. The predicted molar refractivity (Wildman–Crippen MR) is 71.3 cm³/mol. The van der Waals surface area contributed by atoms with Crippen molar-refractivity contribution >= 4 is 17.6 Å². The van der Waals surface area contributed by atoms with Gasteiger partial charge in [0, 0.05) is 12.1 Å². The molecule has 0 fully saturated rings. The van der Waals surface area contributed by atoms with Crippen molar-refractivity contribution < 1.29 is 29.1 Å². The molecule has 0 amide bonds. The third kappa shape index (κ3) is 3.91. The van der Waals surface area contributed by atoms with Gasteiger partial charge in [0.1, 0.15) is 6.61 Å². The van der Waals surface area contributed by atoms with Crippen LogP contribution in [0.15, 0.2) is 18.2 Å². The molecule has 0 atom stereocenters. The van der Waals surface area contributed by atoms with Gasteiger partial charge in [-0.3, -0.25) is 14.9 Å². The highest BCUT2D eigenvalue weighted by Gasteiger charge is 2.31. The molecule has 1 aromatic carbocycles. The molecule has 0 bridgehead atoms. The second-order valence-corrected chi connectivity index (χ2v) is 4.91. The summed E-state index contributed by atoms with van der Waals surface area (Å²) >= 11 is 0. The van der Waals surface area contributed by atoms with E-state index in [0.717, 1.165) is 18.2 Å². The molecule has 0 saturated heterocycles. The minimum absolute atomic E-state index is 0.147. The van der Waals surface area contributed by atoms with E-state index in [1.54, 1.807) is 13.8 Å². The lowest BCUT2D eigenvalue weighted by atomic mass is 9.95. The zero-order valence-electron chi connectivity index (χ0n) is 11.8. The summed E-state index contributed by atoms with van der Waals surface area (Å²) in [6.45, 7) is 2.90. The average Bonchev–Trinajstić information content (AvgIpc) is 2.43.